The number of carbonyl (C=O) groups is 1. The Morgan fingerprint density at radius 1 is 1.09 bits per heavy atom. The van der Waals surface area contributed by atoms with Crippen LogP contribution in [0.25, 0.3) is 0 Å². The maximum atomic E-state index is 12.8. The molecule has 10 nitrogen and oxygen atoms in total. The average molecular weight is 500 g/mol. The maximum Gasteiger partial charge on any atom is 0.245 e. The van der Waals surface area contributed by atoms with E-state index in [-0.39, 0.29) is 28.1 Å². The first kappa shape index (κ1) is 26.4. The van der Waals surface area contributed by atoms with Gasteiger partial charge in [-0.2, -0.15) is 0 Å². The molecule has 0 aliphatic carbocycles. The van der Waals surface area contributed by atoms with Crippen molar-refractivity contribution in [1.29, 1.82) is 0 Å². The molecule has 0 aliphatic rings. The van der Waals surface area contributed by atoms with Gasteiger partial charge in [-0.25, -0.2) is 21.6 Å². The highest BCUT2D eigenvalue weighted by Crippen LogP contribution is 2.28. The number of rotatable bonds is 11. The number of methoxy groups -OCH3 is 1. The summed E-state index contributed by atoms with van der Waals surface area (Å²) in [7, 11) is -6.27. The fourth-order valence-corrected chi connectivity index (χ4v) is 5.07. The van der Waals surface area contributed by atoms with Crippen LogP contribution < -0.4 is 23.8 Å². The third kappa shape index (κ3) is 7.34. The number of hydrogen-bond acceptors (Lipinski definition) is 7. The summed E-state index contributed by atoms with van der Waals surface area (Å²) in [5.41, 5.74) is 0.341. The fraction of sp³-hybridized carbons (Fsp3) is 0.381. The van der Waals surface area contributed by atoms with Gasteiger partial charge in [0.2, 0.25) is 26.0 Å². The van der Waals surface area contributed by atoms with Crippen LogP contribution in [-0.4, -0.2) is 55.3 Å². The minimum Gasteiger partial charge on any atom is -0.495 e. The van der Waals surface area contributed by atoms with E-state index in [2.05, 4.69) is 10.0 Å². The molecule has 0 spiro atoms. The van der Waals surface area contributed by atoms with Gasteiger partial charge in [0.05, 0.1) is 36.2 Å². The predicted molar refractivity (Wildman–Crippen MR) is 127 cm³/mol. The van der Waals surface area contributed by atoms with Gasteiger partial charge in [-0.15, -0.1) is 0 Å². The molecule has 2 aromatic carbocycles. The van der Waals surface area contributed by atoms with Crippen LogP contribution in [0.3, 0.4) is 0 Å². The van der Waals surface area contributed by atoms with E-state index in [9.17, 15) is 21.6 Å². The number of benzene rings is 2. The zero-order valence-corrected chi connectivity index (χ0v) is 20.8. The molecular formula is C21H29N3O7S2. The van der Waals surface area contributed by atoms with Crippen molar-refractivity contribution in [2.24, 2.45) is 0 Å². The summed E-state index contributed by atoms with van der Waals surface area (Å²) >= 11 is 0. The minimum atomic E-state index is -3.82. The molecule has 2 rings (SSSR count). The van der Waals surface area contributed by atoms with Crippen molar-refractivity contribution in [3.8, 4) is 11.5 Å². The summed E-state index contributed by atoms with van der Waals surface area (Å²) in [6, 6.07) is 10.0. The van der Waals surface area contributed by atoms with E-state index < -0.39 is 32.5 Å². The summed E-state index contributed by atoms with van der Waals surface area (Å²) in [5, 5.41) is 2.55. The zero-order valence-electron chi connectivity index (χ0n) is 19.2. The van der Waals surface area contributed by atoms with Gasteiger partial charge in [-0.05, 0) is 51.1 Å². The van der Waals surface area contributed by atoms with Gasteiger partial charge < -0.3 is 14.8 Å². The van der Waals surface area contributed by atoms with E-state index in [1.165, 1.54) is 31.4 Å². The molecule has 2 N–H and O–H groups in total. The average Bonchev–Trinajstić information content (AvgIpc) is 2.70. The van der Waals surface area contributed by atoms with Gasteiger partial charge in [0, 0.05) is 12.1 Å². The smallest absolute Gasteiger partial charge is 0.245 e. The van der Waals surface area contributed by atoms with Crippen molar-refractivity contribution in [3.05, 3.63) is 42.5 Å². The van der Waals surface area contributed by atoms with Crippen molar-refractivity contribution >= 4 is 37.3 Å². The molecule has 0 radical (unpaired) electrons. The molecule has 1 amide bonds. The van der Waals surface area contributed by atoms with Crippen LogP contribution in [0.2, 0.25) is 0 Å². The standard InChI is InChI=1S/C21H29N3O7S2/c1-6-31-17-9-7-8-16(12-17)24(32(5,26)27)14-21(25)22-19-13-18(10-11-20(19)30-4)33(28,29)23-15(2)3/h7-13,15,23H,6,14H2,1-5H3,(H,22,25). The van der Waals surface area contributed by atoms with Crippen LogP contribution in [0, 0.1) is 0 Å². The highest BCUT2D eigenvalue weighted by atomic mass is 32.2. The normalized spacial score (nSPS) is 11.8. The van der Waals surface area contributed by atoms with Gasteiger partial charge in [0.15, 0.2) is 0 Å². The maximum absolute atomic E-state index is 12.8. The van der Waals surface area contributed by atoms with Gasteiger partial charge >= 0.3 is 0 Å². The third-order valence-corrected chi connectivity index (χ3v) is 7.05. The van der Waals surface area contributed by atoms with E-state index in [0.717, 1.165) is 10.6 Å². The van der Waals surface area contributed by atoms with Crippen LogP contribution >= 0.6 is 0 Å². The largest absolute Gasteiger partial charge is 0.495 e. The number of anilines is 2. The SMILES string of the molecule is CCOc1cccc(N(CC(=O)Nc2cc(S(=O)(=O)NC(C)C)ccc2OC)S(C)(=O)=O)c1. The van der Waals surface area contributed by atoms with Crippen molar-refractivity contribution in [2.75, 3.05) is 36.1 Å². The topological polar surface area (TPSA) is 131 Å². The second-order valence-corrected chi connectivity index (χ2v) is 11.0. The zero-order chi connectivity index (χ0) is 24.8. The molecule has 0 saturated heterocycles. The Balaban J connectivity index is 2.34. The van der Waals surface area contributed by atoms with Crippen LogP contribution in [0.5, 0.6) is 11.5 Å². The first-order chi connectivity index (χ1) is 15.4. The molecule has 2 aromatic rings. The number of nitrogens with one attached hydrogen (secondary N) is 2. The molecule has 0 atom stereocenters. The number of sulfonamides is 2. The molecule has 0 unspecified atom stereocenters. The molecule has 0 aliphatic heterocycles. The van der Waals surface area contributed by atoms with E-state index in [1.807, 2.05) is 0 Å². The van der Waals surface area contributed by atoms with E-state index in [0.29, 0.717) is 12.4 Å². The summed E-state index contributed by atoms with van der Waals surface area (Å²) in [6.45, 7) is 5.02. The quantitative estimate of drug-likeness (QED) is 0.484. The fourth-order valence-electron chi connectivity index (χ4n) is 2.95. The molecule has 33 heavy (non-hydrogen) atoms. The lowest BCUT2D eigenvalue weighted by Gasteiger charge is -2.23. The van der Waals surface area contributed by atoms with Crippen molar-refractivity contribution in [1.82, 2.24) is 4.72 Å². The molecule has 12 heteroatoms. The first-order valence-corrected chi connectivity index (χ1v) is 13.4. The Kier molecular flexibility index (Phi) is 8.69. The van der Waals surface area contributed by atoms with E-state index >= 15 is 0 Å². The number of amides is 1. The molecular weight excluding hydrogens is 470 g/mol. The van der Waals surface area contributed by atoms with Crippen molar-refractivity contribution in [2.45, 2.75) is 31.7 Å². The van der Waals surface area contributed by atoms with Crippen LogP contribution in [0.15, 0.2) is 47.4 Å². The molecule has 0 aromatic heterocycles. The molecule has 0 saturated carbocycles. The third-order valence-electron chi connectivity index (χ3n) is 4.25. The van der Waals surface area contributed by atoms with E-state index in [1.54, 1.807) is 39.0 Å². The second kappa shape index (κ2) is 10.9. The van der Waals surface area contributed by atoms with Gasteiger partial charge in [0.25, 0.3) is 0 Å². The highest BCUT2D eigenvalue weighted by Gasteiger charge is 2.23. The number of nitrogens with zero attached hydrogens (tertiary/aromatic N) is 1. The van der Waals surface area contributed by atoms with Crippen molar-refractivity contribution in [3.63, 3.8) is 0 Å². The lowest BCUT2D eigenvalue weighted by Crippen LogP contribution is -2.37. The van der Waals surface area contributed by atoms with Crippen molar-refractivity contribution < 1.29 is 31.1 Å². The van der Waals surface area contributed by atoms with Gasteiger partial charge in [-0.1, -0.05) is 6.07 Å². The molecule has 0 bridgehead atoms. The minimum absolute atomic E-state index is 0.0725. The lowest BCUT2D eigenvalue weighted by molar-refractivity contribution is -0.114. The summed E-state index contributed by atoms with van der Waals surface area (Å²) in [5.74, 6) is -0.00992. The Hall–Kier alpha value is -2.83. The lowest BCUT2D eigenvalue weighted by atomic mass is 10.2. The Labute approximate surface area is 195 Å². The molecule has 0 fully saturated rings. The van der Waals surface area contributed by atoms with Crippen LogP contribution in [0.4, 0.5) is 11.4 Å². The Morgan fingerprint density at radius 3 is 2.36 bits per heavy atom. The van der Waals surface area contributed by atoms with Gasteiger partial charge in [0.1, 0.15) is 18.0 Å². The molecule has 0 heterocycles. The van der Waals surface area contributed by atoms with Crippen LogP contribution in [-0.2, 0) is 24.8 Å². The summed E-state index contributed by atoms with van der Waals surface area (Å²) in [6.07, 6.45) is 0.985. The number of hydrogen-bond donors (Lipinski definition) is 2. The summed E-state index contributed by atoms with van der Waals surface area (Å²) < 4.78 is 63.8. The van der Waals surface area contributed by atoms with E-state index in [4.69, 9.17) is 9.47 Å². The predicted octanol–water partition coefficient (Wildman–Crippen LogP) is 2.19. The highest BCUT2D eigenvalue weighted by molar-refractivity contribution is 7.92. The number of ether oxygens (including phenoxy) is 2. The molecule has 182 valence electrons. The second-order valence-electron chi connectivity index (χ2n) is 7.39. The first-order valence-electron chi connectivity index (χ1n) is 10.1. The van der Waals surface area contributed by atoms with Crippen LogP contribution in [0.1, 0.15) is 20.8 Å². The monoisotopic (exact) mass is 499 g/mol. The Bertz CT molecular complexity index is 1200. The summed E-state index contributed by atoms with van der Waals surface area (Å²) in [4.78, 5) is 12.7. The van der Waals surface area contributed by atoms with Gasteiger partial charge in [-0.3, -0.25) is 9.10 Å². The Morgan fingerprint density at radius 2 is 1.79 bits per heavy atom. The number of carbonyl (C=O) groups excluding carboxylic acids is 1.